The van der Waals surface area contributed by atoms with Crippen LogP contribution in [0.25, 0.3) is 0 Å². The highest BCUT2D eigenvalue weighted by Gasteiger charge is 2.09. The van der Waals surface area contributed by atoms with Gasteiger partial charge in [-0.1, -0.05) is 19.9 Å². The highest BCUT2D eigenvalue weighted by molar-refractivity contribution is 6.05. The number of carbonyl (C=O) groups excluding carboxylic acids is 3. The third-order valence-corrected chi connectivity index (χ3v) is 3.38. The lowest BCUT2D eigenvalue weighted by Crippen LogP contribution is -2.17. The summed E-state index contributed by atoms with van der Waals surface area (Å²) in [5, 5.41) is 8.20. The molecule has 0 heterocycles. The van der Waals surface area contributed by atoms with Gasteiger partial charge in [-0.25, -0.2) is 0 Å². The zero-order valence-corrected chi connectivity index (χ0v) is 14.4. The number of benzene rings is 2. The van der Waals surface area contributed by atoms with Crippen LogP contribution >= 0.6 is 0 Å². The van der Waals surface area contributed by atoms with Crippen LogP contribution in [0.4, 0.5) is 17.1 Å². The maximum absolute atomic E-state index is 12.3. The number of hydrogen-bond acceptors (Lipinski definition) is 3. The van der Waals surface area contributed by atoms with Crippen LogP contribution in [-0.2, 0) is 9.59 Å². The van der Waals surface area contributed by atoms with E-state index in [1.54, 1.807) is 48.5 Å². The minimum absolute atomic E-state index is 0.0634. The minimum Gasteiger partial charge on any atom is -0.326 e. The molecule has 0 saturated carbocycles. The van der Waals surface area contributed by atoms with Gasteiger partial charge >= 0.3 is 0 Å². The Morgan fingerprint density at radius 1 is 0.800 bits per heavy atom. The van der Waals surface area contributed by atoms with Crippen LogP contribution in [-0.4, -0.2) is 17.7 Å². The SMILES string of the molecule is CC(=O)Nc1cccc(C(=O)Nc2ccc(NC(=O)C(C)C)cc2)c1. The van der Waals surface area contributed by atoms with Crippen molar-refractivity contribution in [3.8, 4) is 0 Å². The van der Waals surface area contributed by atoms with Crippen LogP contribution in [0.3, 0.4) is 0 Å². The molecule has 0 aliphatic carbocycles. The zero-order chi connectivity index (χ0) is 18.4. The number of anilines is 3. The van der Waals surface area contributed by atoms with E-state index in [1.165, 1.54) is 6.92 Å². The predicted molar refractivity (Wildman–Crippen MR) is 98.6 cm³/mol. The van der Waals surface area contributed by atoms with Crippen molar-refractivity contribution in [2.45, 2.75) is 20.8 Å². The molecular weight excluding hydrogens is 318 g/mol. The van der Waals surface area contributed by atoms with E-state index in [4.69, 9.17) is 0 Å². The second-order valence-electron chi connectivity index (χ2n) is 5.94. The Morgan fingerprint density at radius 2 is 1.40 bits per heavy atom. The molecule has 6 nitrogen and oxygen atoms in total. The molecule has 0 saturated heterocycles. The molecule has 0 aliphatic rings. The molecule has 0 bridgehead atoms. The van der Waals surface area contributed by atoms with Crippen LogP contribution in [0.2, 0.25) is 0 Å². The summed E-state index contributed by atoms with van der Waals surface area (Å²) in [7, 11) is 0. The van der Waals surface area contributed by atoms with Gasteiger partial charge in [-0.2, -0.15) is 0 Å². The first-order chi connectivity index (χ1) is 11.8. The van der Waals surface area contributed by atoms with E-state index < -0.39 is 0 Å². The number of amides is 3. The van der Waals surface area contributed by atoms with Gasteiger partial charge in [0, 0.05) is 35.5 Å². The van der Waals surface area contributed by atoms with Crippen LogP contribution in [0, 0.1) is 5.92 Å². The number of carbonyl (C=O) groups is 3. The van der Waals surface area contributed by atoms with Gasteiger partial charge in [0.05, 0.1) is 0 Å². The first-order valence-corrected chi connectivity index (χ1v) is 7.95. The summed E-state index contributed by atoms with van der Waals surface area (Å²) in [4.78, 5) is 35.1. The van der Waals surface area contributed by atoms with E-state index in [1.807, 2.05) is 13.8 Å². The number of rotatable bonds is 5. The van der Waals surface area contributed by atoms with E-state index in [-0.39, 0.29) is 23.6 Å². The molecule has 2 aromatic rings. The fourth-order valence-corrected chi connectivity index (χ4v) is 2.07. The smallest absolute Gasteiger partial charge is 0.255 e. The summed E-state index contributed by atoms with van der Waals surface area (Å²) in [5.41, 5.74) is 2.28. The van der Waals surface area contributed by atoms with Gasteiger partial charge in [0.25, 0.3) is 5.91 Å². The summed E-state index contributed by atoms with van der Waals surface area (Å²) in [6, 6.07) is 13.6. The van der Waals surface area contributed by atoms with Gasteiger partial charge in [0.1, 0.15) is 0 Å². The van der Waals surface area contributed by atoms with E-state index in [0.717, 1.165) is 0 Å². The van der Waals surface area contributed by atoms with Gasteiger partial charge in [-0.3, -0.25) is 14.4 Å². The van der Waals surface area contributed by atoms with Crippen LogP contribution in [0.1, 0.15) is 31.1 Å². The van der Waals surface area contributed by atoms with Crippen molar-refractivity contribution in [1.82, 2.24) is 0 Å². The molecule has 6 heteroatoms. The molecular formula is C19H21N3O3. The highest BCUT2D eigenvalue weighted by Crippen LogP contribution is 2.17. The summed E-state index contributed by atoms with van der Waals surface area (Å²) in [6.45, 7) is 5.05. The van der Waals surface area contributed by atoms with Gasteiger partial charge in [-0.05, 0) is 42.5 Å². The largest absolute Gasteiger partial charge is 0.326 e. The first-order valence-electron chi connectivity index (χ1n) is 7.95. The van der Waals surface area contributed by atoms with Crippen LogP contribution in [0.15, 0.2) is 48.5 Å². The van der Waals surface area contributed by atoms with E-state index in [9.17, 15) is 14.4 Å². The molecule has 130 valence electrons. The Kier molecular flexibility index (Phi) is 5.89. The summed E-state index contributed by atoms with van der Waals surface area (Å²) < 4.78 is 0. The third-order valence-electron chi connectivity index (χ3n) is 3.38. The standard InChI is InChI=1S/C19H21N3O3/c1-12(2)18(24)21-15-7-9-16(10-8-15)22-19(25)14-5-4-6-17(11-14)20-13(3)23/h4-12H,1-3H3,(H,20,23)(H,21,24)(H,22,25). The minimum atomic E-state index is -0.286. The lowest BCUT2D eigenvalue weighted by atomic mass is 10.1. The Bertz CT molecular complexity index is 783. The highest BCUT2D eigenvalue weighted by atomic mass is 16.2. The second kappa shape index (κ2) is 8.10. The van der Waals surface area contributed by atoms with Crippen LogP contribution in [0.5, 0.6) is 0 Å². The maximum atomic E-state index is 12.3. The van der Waals surface area contributed by atoms with Gasteiger partial charge in [0.2, 0.25) is 11.8 Å². The van der Waals surface area contributed by atoms with Crippen molar-refractivity contribution >= 4 is 34.8 Å². The monoisotopic (exact) mass is 339 g/mol. The van der Waals surface area contributed by atoms with E-state index >= 15 is 0 Å². The number of hydrogen-bond donors (Lipinski definition) is 3. The third kappa shape index (κ3) is 5.46. The molecule has 0 aliphatic heterocycles. The van der Waals surface area contributed by atoms with Crippen molar-refractivity contribution in [1.29, 1.82) is 0 Å². The molecule has 3 N–H and O–H groups in total. The topological polar surface area (TPSA) is 87.3 Å². The van der Waals surface area contributed by atoms with Crippen molar-refractivity contribution in [2.75, 3.05) is 16.0 Å². The molecule has 0 aromatic heterocycles. The quantitative estimate of drug-likeness (QED) is 0.779. The fourth-order valence-electron chi connectivity index (χ4n) is 2.07. The number of nitrogens with one attached hydrogen (secondary N) is 3. The van der Waals surface area contributed by atoms with Crippen molar-refractivity contribution in [3.05, 3.63) is 54.1 Å². The molecule has 25 heavy (non-hydrogen) atoms. The maximum Gasteiger partial charge on any atom is 0.255 e. The lowest BCUT2D eigenvalue weighted by molar-refractivity contribution is -0.119. The Morgan fingerprint density at radius 3 is 1.96 bits per heavy atom. The Balaban J connectivity index is 2.03. The van der Waals surface area contributed by atoms with Gasteiger partial charge < -0.3 is 16.0 Å². The summed E-state index contributed by atoms with van der Waals surface area (Å²) >= 11 is 0. The normalized spacial score (nSPS) is 10.2. The average molecular weight is 339 g/mol. The fraction of sp³-hybridized carbons (Fsp3) is 0.211. The Labute approximate surface area is 146 Å². The molecule has 0 radical (unpaired) electrons. The summed E-state index contributed by atoms with van der Waals surface area (Å²) in [6.07, 6.45) is 0. The molecule has 0 atom stereocenters. The second-order valence-corrected chi connectivity index (χ2v) is 5.94. The van der Waals surface area contributed by atoms with Gasteiger partial charge in [-0.15, -0.1) is 0 Å². The average Bonchev–Trinajstić information content (AvgIpc) is 2.56. The van der Waals surface area contributed by atoms with Gasteiger partial charge in [0.15, 0.2) is 0 Å². The first kappa shape index (κ1) is 18.2. The molecule has 2 aromatic carbocycles. The predicted octanol–water partition coefficient (Wildman–Crippen LogP) is 3.49. The van der Waals surface area contributed by atoms with Crippen molar-refractivity contribution < 1.29 is 14.4 Å². The van der Waals surface area contributed by atoms with E-state index in [2.05, 4.69) is 16.0 Å². The van der Waals surface area contributed by atoms with Crippen LogP contribution < -0.4 is 16.0 Å². The molecule has 0 fully saturated rings. The van der Waals surface area contributed by atoms with Crippen molar-refractivity contribution in [2.24, 2.45) is 5.92 Å². The summed E-state index contributed by atoms with van der Waals surface area (Å²) in [5.74, 6) is -0.649. The zero-order valence-electron chi connectivity index (χ0n) is 14.4. The lowest BCUT2D eigenvalue weighted by Gasteiger charge is -2.10. The molecule has 2 rings (SSSR count). The molecule has 3 amide bonds. The van der Waals surface area contributed by atoms with Crippen molar-refractivity contribution in [3.63, 3.8) is 0 Å². The van der Waals surface area contributed by atoms with E-state index in [0.29, 0.717) is 22.6 Å². The Hall–Kier alpha value is -3.15. The molecule has 0 unspecified atom stereocenters. The molecule has 0 spiro atoms.